The summed E-state index contributed by atoms with van der Waals surface area (Å²) < 4.78 is 0. The molecule has 13 heteroatoms. The van der Waals surface area contributed by atoms with Gasteiger partial charge >= 0.3 is 0 Å². The summed E-state index contributed by atoms with van der Waals surface area (Å²) in [6, 6.07) is 9.09. The molecule has 0 aliphatic rings. The van der Waals surface area contributed by atoms with Crippen LogP contribution in [0.3, 0.4) is 0 Å². The highest BCUT2D eigenvalue weighted by atomic mass is 79.9. The van der Waals surface area contributed by atoms with Crippen molar-refractivity contribution in [3.8, 4) is 0 Å². The number of hydrogen-bond acceptors (Lipinski definition) is 8. The third kappa shape index (κ3) is 13.7. The molecule has 2 aromatic carbocycles. The van der Waals surface area contributed by atoms with Crippen molar-refractivity contribution in [2.24, 2.45) is 0 Å². The normalized spacial score (nSPS) is 10.9. The molecule has 2 amide bonds. The third-order valence-electron chi connectivity index (χ3n) is 5.17. The van der Waals surface area contributed by atoms with Crippen molar-refractivity contribution in [3.05, 3.63) is 67.8 Å². The number of non-ortho nitro benzene ring substituents is 2. The van der Waals surface area contributed by atoms with E-state index in [1.807, 2.05) is 55.6 Å². The van der Waals surface area contributed by atoms with E-state index in [0.717, 1.165) is 11.1 Å². The zero-order valence-electron chi connectivity index (χ0n) is 25.5. The number of nitro groups is 2. The van der Waals surface area contributed by atoms with Gasteiger partial charge in [0.05, 0.1) is 33.1 Å². The van der Waals surface area contributed by atoms with Crippen molar-refractivity contribution in [1.82, 2.24) is 10.2 Å². The molecule has 3 N–H and O–H groups in total. The Morgan fingerprint density at radius 1 is 0.780 bits per heavy atom. The second kappa shape index (κ2) is 16.7. The molecule has 0 aliphatic carbocycles. The van der Waals surface area contributed by atoms with Gasteiger partial charge in [-0.05, 0) is 62.3 Å². The number of alkyl halides is 1. The summed E-state index contributed by atoms with van der Waals surface area (Å²) in [7, 11) is 7.33. The second-order valence-electron chi connectivity index (χ2n) is 11.4. The van der Waals surface area contributed by atoms with Crippen molar-refractivity contribution in [2.75, 3.05) is 50.7 Å². The van der Waals surface area contributed by atoms with Crippen molar-refractivity contribution in [1.29, 1.82) is 0 Å². The fourth-order valence-electron chi connectivity index (χ4n) is 3.47. The largest absolute Gasteiger partial charge is 0.325 e. The molecule has 0 radical (unpaired) electrons. The SMILES string of the molecule is CC(C)(C)c1ccc([N+](=O)[O-])cc1NC(=O)CBr.CN(C)CC(=O)Nc1cc([N+](=O)[O-])ccc1C(C)(C)C.CNC. The first kappa shape index (κ1) is 37.6. The van der Waals surface area contributed by atoms with E-state index in [-0.39, 0.29) is 45.9 Å². The van der Waals surface area contributed by atoms with E-state index < -0.39 is 9.85 Å². The van der Waals surface area contributed by atoms with Gasteiger partial charge in [-0.25, -0.2) is 0 Å². The summed E-state index contributed by atoms with van der Waals surface area (Å²) in [4.78, 5) is 45.7. The van der Waals surface area contributed by atoms with E-state index in [2.05, 4.69) is 31.9 Å². The summed E-state index contributed by atoms with van der Waals surface area (Å²) in [6.07, 6.45) is 0. The second-order valence-corrected chi connectivity index (χ2v) is 12.0. The fraction of sp³-hybridized carbons (Fsp3) is 0.500. The molecule has 0 bridgehead atoms. The maximum atomic E-state index is 11.9. The van der Waals surface area contributed by atoms with Crippen LogP contribution in [-0.2, 0) is 20.4 Å². The van der Waals surface area contributed by atoms with Gasteiger partial charge < -0.3 is 20.9 Å². The van der Waals surface area contributed by atoms with Crippen LogP contribution in [0, 0.1) is 20.2 Å². The van der Waals surface area contributed by atoms with Gasteiger partial charge in [-0.3, -0.25) is 29.8 Å². The van der Waals surface area contributed by atoms with Gasteiger partial charge in [-0.15, -0.1) is 0 Å². The average Bonchev–Trinajstić information content (AvgIpc) is 2.82. The minimum atomic E-state index is -0.476. The fourth-order valence-corrected chi connectivity index (χ4v) is 3.61. The maximum Gasteiger partial charge on any atom is 0.271 e. The first-order valence-electron chi connectivity index (χ1n) is 12.7. The lowest BCUT2D eigenvalue weighted by molar-refractivity contribution is -0.385. The molecule has 12 nitrogen and oxygen atoms in total. The zero-order chi connectivity index (χ0) is 32.1. The van der Waals surface area contributed by atoms with Gasteiger partial charge in [0.2, 0.25) is 11.8 Å². The van der Waals surface area contributed by atoms with Crippen LogP contribution in [-0.4, -0.2) is 66.6 Å². The lowest BCUT2D eigenvalue weighted by atomic mass is 9.85. The van der Waals surface area contributed by atoms with Gasteiger partial charge in [0.1, 0.15) is 0 Å². The van der Waals surface area contributed by atoms with Crippen molar-refractivity contribution in [2.45, 2.75) is 52.4 Å². The standard InChI is InChI=1S/C14H21N3O3.C12H15BrN2O3.C2H7N/c1-14(2,3)11-7-6-10(17(19)20)8-12(11)15-13(18)9-16(4)5;1-12(2,3)9-5-4-8(15(17)18)6-10(9)14-11(16)7-13;1-3-2/h6-8H,9H2,1-5H3,(H,15,18);4-6H,7H2,1-3H3,(H,14,16);3H,1-2H3. The van der Waals surface area contributed by atoms with Gasteiger partial charge in [-0.2, -0.15) is 0 Å². The Labute approximate surface area is 250 Å². The minimum absolute atomic E-state index is 0.0295. The van der Waals surface area contributed by atoms with Crippen LogP contribution in [0.1, 0.15) is 52.7 Å². The number of benzene rings is 2. The summed E-state index contributed by atoms with van der Waals surface area (Å²) in [5.74, 6) is -0.429. The van der Waals surface area contributed by atoms with Gasteiger partial charge in [-0.1, -0.05) is 57.5 Å². The molecule has 0 unspecified atom stereocenters. The quantitative estimate of drug-likeness (QED) is 0.205. The number of likely N-dealkylation sites (N-methyl/N-ethyl adjacent to an activating group) is 1. The number of carbonyl (C=O) groups is 2. The highest BCUT2D eigenvalue weighted by Crippen LogP contribution is 2.33. The predicted molar refractivity (Wildman–Crippen MR) is 168 cm³/mol. The summed E-state index contributed by atoms with van der Waals surface area (Å²) >= 11 is 3.05. The number of amides is 2. The number of anilines is 2. The van der Waals surface area contributed by atoms with Crippen molar-refractivity contribution < 1.29 is 19.4 Å². The molecule has 0 aliphatic heterocycles. The van der Waals surface area contributed by atoms with Crippen molar-refractivity contribution >= 4 is 50.5 Å². The number of nitrogens with one attached hydrogen (secondary N) is 3. The minimum Gasteiger partial charge on any atom is -0.325 e. The molecule has 2 aromatic rings. The molecular formula is C28H43BrN6O6. The number of rotatable bonds is 7. The number of nitro benzene ring substituents is 2. The summed E-state index contributed by atoms with van der Waals surface area (Å²) in [6.45, 7) is 12.2. The number of halogens is 1. The van der Waals surface area contributed by atoms with E-state index in [9.17, 15) is 29.8 Å². The van der Waals surface area contributed by atoms with Gasteiger partial charge in [0.15, 0.2) is 0 Å². The third-order valence-corrected chi connectivity index (χ3v) is 5.68. The average molecular weight is 640 g/mol. The summed E-state index contributed by atoms with van der Waals surface area (Å²) in [5, 5.41) is 29.9. The topological polar surface area (TPSA) is 160 Å². The molecule has 0 fully saturated rings. The van der Waals surface area contributed by atoms with Crippen LogP contribution < -0.4 is 16.0 Å². The lowest BCUT2D eigenvalue weighted by Crippen LogP contribution is -2.28. The van der Waals surface area contributed by atoms with Crippen LogP contribution in [0.2, 0.25) is 0 Å². The van der Waals surface area contributed by atoms with Crippen LogP contribution in [0.15, 0.2) is 36.4 Å². The Kier molecular flexibility index (Phi) is 15.4. The first-order valence-corrected chi connectivity index (χ1v) is 13.9. The van der Waals surface area contributed by atoms with Crippen LogP contribution in [0.4, 0.5) is 22.7 Å². The molecule has 0 heterocycles. The number of nitrogens with zero attached hydrogens (tertiary/aromatic N) is 3. The maximum absolute atomic E-state index is 11.9. The Bertz CT molecular complexity index is 1210. The Hall–Kier alpha value is -3.42. The van der Waals surface area contributed by atoms with Crippen LogP contribution in [0.5, 0.6) is 0 Å². The smallest absolute Gasteiger partial charge is 0.271 e. The van der Waals surface area contributed by atoms with Gasteiger partial charge in [0, 0.05) is 24.3 Å². The molecule has 0 saturated carbocycles. The highest BCUT2D eigenvalue weighted by molar-refractivity contribution is 9.09. The molecule has 2 rings (SSSR count). The molecule has 228 valence electrons. The molecular weight excluding hydrogens is 596 g/mol. The molecule has 0 saturated heterocycles. The Morgan fingerprint density at radius 3 is 1.39 bits per heavy atom. The summed E-state index contributed by atoms with van der Waals surface area (Å²) in [5.41, 5.74) is 2.24. The monoisotopic (exact) mass is 638 g/mol. The van der Waals surface area contributed by atoms with E-state index in [4.69, 9.17) is 0 Å². The Morgan fingerprint density at radius 2 is 1.12 bits per heavy atom. The Balaban J connectivity index is 0.000000715. The molecule has 0 aromatic heterocycles. The van der Waals surface area contributed by atoms with E-state index in [1.54, 1.807) is 31.1 Å². The highest BCUT2D eigenvalue weighted by Gasteiger charge is 2.23. The number of hydrogen-bond donors (Lipinski definition) is 3. The molecule has 0 spiro atoms. The van der Waals surface area contributed by atoms with E-state index >= 15 is 0 Å². The molecule has 0 atom stereocenters. The zero-order valence-corrected chi connectivity index (χ0v) is 27.1. The van der Waals surface area contributed by atoms with Crippen LogP contribution >= 0.6 is 15.9 Å². The van der Waals surface area contributed by atoms with Crippen molar-refractivity contribution in [3.63, 3.8) is 0 Å². The van der Waals surface area contributed by atoms with Crippen LogP contribution in [0.25, 0.3) is 0 Å². The predicted octanol–water partition coefficient (Wildman–Crippen LogP) is 5.45. The van der Waals surface area contributed by atoms with E-state index in [1.165, 1.54) is 24.3 Å². The van der Waals surface area contributed by atoms with Gasteiger partial charge in [0.25, 0.3) is 11.4 Å². The molecule has 41 heavy (non-hydrogen) atoms. The van der Waals surface area contributed by atoms with E-state index in [0.29, 0.717) is 11.4 Å². The lowest BCUT2D eigenvalue weighted by Gasteiger charge is -2.23. The number of carbonyl (C=O) groups excluding carboxylic acids is 2. The first-order chi connectivity index (χ1) is 18.8.